The summed E-state index contributed by atoms with van der Waals surface area (Å²) in [5, 5.41) is 0. The highest BCUT2D eigenvalue weighted by Crippen LogP contribution is 2.36. The van der Waals surface area contributed by atoms with Crippen LogP contribution in [-0.4, -0.2) is 23.2 Å². The maximum atomic E-state index is 14.0. The minimum absolute atomic E-state index is 0.102. The van der Waals surface area contributed by atoms with Gasteiger partial charge >= 0.3 is 5.97 Å². The fourth-order valence-corrected chi connectivity index (χ4v) is 6.69. The van der Waals surface area contributed by atoms with Gasteiger partial charge in [-0.2, -0.15) is 0 Å². The molecule has 0 spiro atoms. The van der Waals surface area contributed by atoms with E-state index in [1.165, 1.54) is 14.9 Å². The van der Waals surface area contributed by atoms with Crippen molar-refractivity contribution in [2.24, 2.45) is 4.99 Å². The first-order chi connectivity index (χ1) is 20.7. The number of nitrogens with zero attached hydrogens (tertiary/aromatic N) is 2. The molecule has 1 atom stereocenters. The number of halogens is 2. The zero-order chi connectivity index (χ0) is 30.7. The molecule has 4 aromatic rings. The van der Waals surface area contributed by atoms with Gasteiger partial charge in [-0.15, -0.1) is 0 Å². The second-order valence-electron chi connectivity index (χ2n) is 10.1. The number of thiazole rings is 1. The lowest BCUT2D eigenvalue weighted by Gasteiger charge is -2.26. The predicted molar refractivity (Wildman–Crippen MR) is 180 cm³/mol. The van der Waals surface area contributed by atoms with Crippen molar-refractivity contribution in [3.63, 3.8) is 0 Å². The van der Waals surface area contributed by atoms with Gasteiger partial charge in [0.15, 0.2) is 4.80 Å². The number of hydrogen-bond acceptors (Lipinski definition) is 7. The molecule has 222 valence electrons. The highest BCUT2D eigenvalue weighted by Gasteiger charge is 2.35. The van der Waals surface area contributed by atoms with E-state index >= 15 is 0 Å². The van der Waals surface area contributed by atoms with Gasteiger partial charge in [0, 0.05) is 9.13 Å². The first-order valence-electron chi connectivity index (χ1n) is 13.8. The Morgan fingerprint density at radius 2 is 1.86 bits per heavy atom. The molecule has 3 aromatic carbocycles. The second kappa shape index (κ2) is 13.6. The van der Waals surface area contributed by atoms with Crippen LogP contribution in [0.1, 0.15) is 50.4 Å². The first-order valence-corrected chi connectivity index (χ1v) is 16.5. The number of rotatable bonds is 9. The molecule has 5 rings (SSSR count). The summed E-state index contributed by atoms with van der Waals surface area (Å²) in [6.07, 6.45) is 1.73. The van der Waals surface area contributed by atoms with Crippen LogP contribution in [0.2, 0.25) is 0 Å². The van der Waals surface area contributed by atoms with Crippen LogP contribution < -0.4 is 24.4 Å². The molecular formula is C33H30BrIN2O5S. The van der Waals surface area contributed by atoms with E-state index in [0.29, 0.717) is 44.3 Å². The molecule has 0 saturated carbocycles. The Kier molecular flexibility index (Phi) is 9.88. The molecule has 7 nitrogen and oxygen atoms in total. The normalized spacial score (nSPS) is 14.9. The van der Waals surface area contributed by atoms with Crippen LogP contribution in [0.25, 0.3) is 6.08 Å². The molecule has 43 heavy (non-hydrogen) atoms. The molecule has 0 bridgehead atoms. The Morgan fingerprint density at radius 1 is 1.12 bits per heavy atom. The average Bonchev–Trinajstić information content (AvgIpc) is 3.26. The third-order valence-corrected chi connectivity index (χ3v) is 8.98. The quantitative estimate of drug-likeness (QED) is 0.143. The maximum absolute atomic E-state index is 14.0. The molecule has 1 aliphatic heterocycles. The van der Waals surface area contributed by atoms with Crippen LogP contribution in [0.5, 0.6) is 11.5 Å². The zero-order valence-corrected chi connectivity index (χ0v) is 28.7. The zero-order valence-electron chi connectivity index (χ0n) is 24.1. The summed E-state index contributed by atoms with van der Waals surface area (Å²) in [6.45, 7) is 8.05. The number of allylic oxidation sites excluding steroid dienone is 1. The number of hydrogen-bond donors (Lipinski definition) is 0. The summed E-state index contributed by atoms with van der Waals surface area (Å²) in [5.74, 6) is 0.791. The van der Waals surface area contributed by atoms with E-state index in [-0.39, 0.29) is 18.3 Å². The molecule has 0 radical (unpaired) electrons. The van der Waals surface area contributed by atoms with Crippen molar-refractivity contribution in [3.05, 3.63) is 122 Å². The lowest BCUT2D eigenvalue weighted by molar-refractivity contribution is -0.139. The van der Waals surface area contributed by atoms with Crippen LogP contribution in [-0.2, 0) is 16.1 Å². The van der Waals surface area contributed by atoms with E-state index in [2.05, 4.69) is 43.5 Å². The Balaban J connectivity index is 1.55. The molecule has 0 unspecified atom stereocenters. The van der Waals surface area contributed by atoms with Crippen LogP contribution >= 0.6 is 49.9 Å². The Labute approximate surface area is 275 Å². The number of fused-ring (bicyclic) bond motifs is 1. The summed E-state index contributed by atoms with van der Waals surface area (Å²) in [7, 11) is 0. The van der Waals surface area contributed by atoms with Gasteiger partial charge in [0.1, 0.15) is 24.1 Å². The molecule has 0 aliphatic carbocycles. The summed E-state index contributed by atoms with van der Waals surface area (Å²) in [6, 6.07) is 20.6. The van der Waals surface area contributed by atoms with E-state index in [1.807, 2.05) is 86.7 Å². The molecule has 2 heterocycles. The van der Waals surface area contributed by atoms with E-state index < -0.39 is 12.0 Å². The summed E-state index contributed by atoms with van der Waals surface area (Å²) >= 11 is 7.17. The van der Waals surface area contributed by atoms with E-state index in [4.69, 9.17) is 14.2 Å². The number of esters is 1. The molecule has 1 aliphatic rings. The fraction of sp³-hybridized carbons (Fsp3) is 0.242. The van der Waals surface area contributed by atoms with Gasteiger partial charge in [0.05, 0.1) is 33.0 Å². The number of aromatic nitrogens is 1. The summed E-state index contributed by atoms with van der Waals surface area (Å²) in [5.41, 5.74) is 3.16. The molecule has 0 fully saturated rings. The van der Waals surface area contributed by atoms with Crippen molar-refractivity contribution in [2.75, 3.05) is 6.61 Å². The number of ether oxygens (including phenoxy) is 3. The average molecular weight is 773 g/mol. The number of para-hydroxylation sites is 1. The number of carbonyl (C=O) groups excluding carboxylic acids is 1. The largest absolute Gasteiger partial charge is 0.491 e. The van der Waals surface area contributed by atoms with Crippen LogP contribution in [0.3, 0.4) is 0 Å². The van der Waals surface area contributed by atoms with Crippen molar-refractivity contribution in [1.29, 1.82) is 0 Å². The fourth-order valence-electron chi connectivity index (χ4n) is 4.77. The molecule has 0 saturated heterocycles. The third-order valence-electron chi connectivity index (χ3n) is 6.65. The number of benzene rings is 3. The lowest BCUT2D eigenvalue weighted by Crippen LogP contribution is -2.40. The standard InChI is InChI=1S/C33H30BrIN2O5S/c1-5-40-32(39)29-20(4)36-33-37(30(29)24-8-6-7-9-26(24)42-19(2)3)31(38)28(43-33)17-22-12-15-27(25(34)16-22)41-18-21-10-13-23(35)14-11-21/h6-17,19,30H,5,18H2,1-4H3/b28-17+/t30-/m1/s1. The smallest absolute Gasteiger partial charge is 0.338 e. The predicted octanol–water partition coefficient (Wildman–Crippen LogP) is 6.53. The van der Waals surface area contributed by atoms with Gasteiger partial charge in [0.25, 0.3) is 5.56 Å². The third kappa shape index (κ3) is 6.97. The number of carbonyl (C=O) groups is 1. The lowest BCUT2D eigenvalue weighted by atomic mass is 9.95. The molecular weight excluding hydrogens is 743 g/mol. The van der Waals surface area contributed by atoms with Crippen LogP contribution in [0, 0.1) is 3.57 Å². The van der Waals surface area contributed by atoms with Crippen molar-refractivity contribution in [2.45, 2.75) is 46.4 Å². The highest BCUT2D eigenvalue weighted by molar-refractivity contribution is 14.1. The van der Waals surface area contributed by atoms with E-state index in [9.17, 15) is 9.59 Å². The SMILES string of the molecule is CCOC(=O)C1=C(C)N=c2s/c(=C/c3ccc(OCc4ccc(I)cc4)c(Br)c3)c(=O)n2[C@@H]1c1ccccc1OC(C)C. The molecule has 10 heteroatoms. The topological polar surface area (TPSA) is 79.1 Å². The Bertz CT molecular complexity index is 1880. The van der Waals surface area contributed by atoms with Gasteiger partial charge < -0.3 is 14.2 Å². The monoisotopic (exact) mass is 772 g/mol. The molecule has 0 amide bonds. The molecule has 0 N–H and O–H groups in total. The minimum Gasteiger partial charge on any atom is -0.491 e. The van der Waals surface area contributed by atoms with Crippen molar-refractivity contribution < 1.29 is 19.0 Å². The van der Waals surface area contributed by atoms with Crippen molar-refractivity contribution in [3.8, 4) is 11.5 Å². The minimum atomic E-state index is -0.754. The second-order valence-corrected chi connectivity index (χ2v) is 13.2. The van der Waals surface area contributed by atoms with Crippen LogP contribution in [0.4, 0.5) is 0 Å². The summed E-state index contributed by atoms with van der Waals surface area (Å²) < 4.78 is 21.6. The maximum Gasteiger partial charge on any atom is 0.338 e. The molecule has 1 aromatic heterocycles. The van der Waals surface area contributed by atoms with Crippen LogP contribution in [0.15, 0.2) is 92.3 Å². The van der Waals surface area contributed by atoms with Gasteiger partial charge in [0.2, 0.25) is 0 Å². The van der Waals surface area contributed by atoms with Gasteiger partial charge in [-0.05, 0) is 114 Å². The summed E-state index contributed by atoms with van der Waals surface area (Å²) in [4.78, 5) is 32.5. The van der Waals surface area contributed by atoms with Crippen molar-refractivity contribution >= 4 is 61.9 Å². The Morgan fingerprint density at radius 3 is 2.56 bits per heavy atom. The Hall–Kier alpha value is -3.22. The first kappa shape index (κ1) is 31.2. The van der Waals surface area contributed by atoms with Gasteiger partial charge in [-0.3, -0.25) is 9.36 Å². The van der Waals surface area contributed by atoms with Crippen molar-refractivity contribution in [1.82, 2.24) is 4.57 Å². The van der Waals surface area contributed by atoms with Gasteiger partial charge in [-0.1, -0.05) is 47.7 Å². The van der Waals surface area contributed by atoms with E-state index in [0.717, 1.165) is 15.6 Å². The van der Waals surface area contributed by atoms with Gasteiger partial charge in [-0.25, -0.2) is 9.79 Å². The van der Waals surface area contributed by atoms with E-state index in [1.54, 1.807) is 18.4 Å². The highest BCUT2D eigenvalue weighted by atomic mass is 127.